The van der Waals surface area contributed by atoms with Crippen LogP contribution in [0, 0.1) is 0 Å². The van der Waals surface area contributed by atoms with E-state index >= 15 is 0 Å². The molecule has 1 fully saturated rings. The summed E-state index contributed by atoms with van der Waals surface area (Å²) in [6, 6.07) is -0.897. The summed E-state index contributed by atoms with van der Waals surface area (Å²) < 4.78 is 5.16. The van der Waals surface area contributed by atoms with Crippen molar-refractivity contribution in [1.29, 1.82) is 0 Å². The Kier molecular flexibility index (Phi) is 5.37. The molecule has 8 nitrogen and oxygen atoms in total. The lowest BCUT2D eigenvalue weighted by atomic mass is 10.1. The molecule has 102 valence electrons. The van der Waals surface area contributed by atoms with Crippen LogP contribution in [0.4, 0.5) is 4.79 Å². The molecule has 1 atom stereocenters. The van der Waals surface area contributed by atoms with E-state index in [2.05, 4.69) is 5.32 Å². The zero-order chi connectivity index (χ0) is 13.5. The van der Waals surface area contributed by atoms with Crippen molar-refractivity contribution in [3.63, 3.8) is 0 Å². The molecule has 8 heteroatoms. The first-order valence-electron chi connectivity index (χ1n) is 5.56. The van der Waals surface area contributed by atoms with Crippen molar-refractivity contribution in [3.8, 4) is 0 Å². The topological polar surface area (TPSA) is 116 Å². The van der Waals surface area contributed by atoms with Gasteiger partial charge in [0.1, 0.15) is 13.1 Å². The number of nitrogens with one attached hydrogen (secondary N) is 1. The molecule has 3 N–H and O–H groups in total. The number of carbonyl (C=O) groups is 3. The van der Waals surface area contributed by atoms with Gasteiger partial charge < -0.3 is 25.2 Å². The molecule has 0 radical (unpaired) electrons. The summed E-state index contributed by atoms with van der Waals surface area (Å²) in [6.45, 7) is -0.294. The minimum Gasteiger partial charge on any atom is -0.480 e. The summed E-state index contributed by atoms with van der Waals surface area (Å²) in [6.07, 6.45) is 1.54. The van der Waals surface area contributed by atoms with Crippen molar-refractivity contribution in [2.24, 2.45) is 0 Å². The number of rotatable bonds is 5. The largest absolute Gasteiger partial charge is 0.480 e. The van der Waals surface area contributed by atoms with Crippen LogP contribution in [0.5, 0.6) is 0 Å². The van der Waals surface area contributed by atoms with Crippen molar-refractivity contribution >= 4 is 18.0 Å². The molecular formula is C10H16N2O6. The molecule has 2 amide bonds. The molecule has 1 unspecified atom stereocenters. The summed E-state index contributed by atoms with van der Waals surface area (Å²) in [5.74, 6) is -2.52. The number of hydrogen-bond donors (Lipinski definition) is 3. The minimum atomic E-state index is -1.26. The Morgan fingerprint density at radius 3 is 2.28 bits per heavy atom. The first-order chi connectivity index (χ1) is 8.49. The van der Waals surface area contributed by atoms with E-state index in [-0.39, 0.29) is 6.04 Å². The van der Waals surface area contributed by atoms with Gasteiger partial charge in [0.15, 0.2) is 0 Å². The third-order valence-corrected chi connectivity index (χ3v) is 2.43. The average Bonchev–Trinajstić information content (AvgIpc) is 2.28. The van der Waals surface area contributed by atoms with Gasteiger partial charge in [-0.3, -0.25) is 9.59 Å². The highest BCUT2D eigenvalue weighted by molar-refractivity contribution is 5.84. The van der Waals surface area contributed by atoms with Crippen LogP contribution in [0.1, 0.15) is 12.8 Å². The highest BCUT2D eigenvalue weighted by Gasteiger charge is 2.23. The maximum Gasteiger partial charge on any atom is 0.323 e. The van der Waals surface area contributed by atoms with Gasteiger partial charge in [-0.1, -0.05) is 0 Å². The second-order valence-electron chi connectivity index (χ2n) is 4.01. The van der Waals surface area contributed by atoms with E-state index in [1.165, 1.54) is 0 Å². The third kappa shape index (κ3) is 5.00. The summed E-state index contributed by atoms with van der Waals surface area (Å²) in [7, 11) is 0. The number of carbonyl (C=O) groups excluding carboxylic acids is 1. The second kappa shape index (κ2) is 6.80. The van der Waals surface area contributed by atoms with E-state index in [0.29, 0.717) is 13.2 Å². The molecule has 1 aliphatic heterocycles. The first kappa shape index (κ1) is 14.2. The van der Waals surface area contributed by atoms with Crippen LogP contribution in [-0.4, -0.2) is 65.4 Å². The number of carboxylic acid groups (broad SMARTS) is 2. The van der Waals surface area contributed by atoms with E-state index in [9.17, 15) is 14.4 Å². The summed E-state index contributed by atoms with van der Waals surface area (Å²) in [4.78, 5) is 33.5. The molecule has 0 saturated carbocycles. The van der Waals surface area contributed by atoms with Crippen LogP contribution < -0.4 is 5.32 Å². The van der Waals surface area contributed by atoms with Crippen molar-refractivity contribution in [2.45, 2.75) is 18.9 Å². The number of carboxylic acids is 2. The van der Waals surface area contributed by atoms with Gasteiger partial charge in [0.25, 0.3) is 0 Å². The van der Waals surface area contributed by atoms with Gasteiger partial charge in [-0.25, -0.2) is 4.79 Å². The van der Waals surface area contributed by atoms with Crippen molar-refractivity contribution in [3.05, 3.63) is 0 Å². The fraction of sp³-hybridized carbons (Fsp3) is 0.700. The van der Waals surface area contributed by atoms with Crippen LogP contribution in [0.2, 0.25) is 0 Å². The molecule has 1 rings (SSSR count). The molecule has 0 aliphatic carbocycles. The minimum absolute atomic E-state index is 0.198. The number of ether oxygens (including phenoxy) is 1. The maximum absolute atomic E-state index is 11.7. The van der Waals surface area contributed by atoms with E-state index in [1.807, 2.05) is 0 Å². The van der Waals surface area contributed by atoms with Gasteiger partial charge >= 0.3 is 18.0 Å². The van der Waals surface area contributed by atoms with E-state index in [4.69, 9.17) is 14.9 Å². The Bertz CT molecular complexity index is 310. The Labute approximate surface area is 104 Å². The lowest BCUT2D eigenvalue weighted by Gasteiger charge is -2.26. The zero-order valence-electron chi connectivity index (χ0n) is 9.79. The molecule has 1 saturated heterocycles. The first-order valence-corrected chi connectivity index (χ1v) is 5.56. The van der Waals surface area contributed by atoms with Crippen molar-refractivity contribution < 1.29 is 29.3 Å². The number of amides is 2. The van der Waals surface area contributed by atoms with Crippen LogP contribution >= 0.6 is 0 Å². The molecule has 0 aromatic heterocycles. The fourth-order valence-electron chi connectivity index (χ4n) is 1.65. The lowest BCUT2D eigenvalue weighted by Crippen LogP contribution is -2.50. The van der Waals surface area contributed by atoms with Crippen LogP contribution in [0.15, 0.2) is 0 Å². The molecule has 0 aromatic carbocycles. The second-order valence-corrected chi connectivity index (χ2v) is 4.01. The lowest BCUT2D eigenvalue weighted by molar-refractivity contribution is -0.140. The molecule has 0 spiro atoms. The Morgan fingerprint density at radius 1 is 1.22 bits per heavy atom. The van der Waals surface area contributed by atoms with E-state index in [0.717, 1.165) is 17.7 Å². The highest BCUT2D eigenvalue weighted by Crippen LogP contribution is 2.06. The average molecular weight is 260 g/mol. The smallest absolute Gasteiger partial charge is 0.323 e. The summed E-state index contributed by atoms with van der Waals surface area (Å²) in [5, 5.41) is 19.8. The quantitative estimate of drug-likeness (QED) is 0.604. The standard InChI is InChI=1S/C10H16N2O6/c13-8(14)4-12(5-9(15)16)10(17)11-7-2-1-3-18-6-7/h7H,1-6H2,(H,11,17)(H,13,14)(H,15,16). The molecular weight excluding hydrogens is 244 g/mol. The van der Waals surface area contributed by atoms with Gasteiger partial charge in [-0.2, -0.15) is 0 Å². The van der Waals surface area contributed by atoms with Crippen molar-refractivity contribution in [1.82, 2.24) is 10.2 Å². The Hall–Kier alpha value is -1.83. The predicted octanol–water partition coefficient (Wildman–Crippen LogP) is -0.654. The number of aliphatic carboxylic acids is 2. The van der Waals surface area contributed by atoms with Crippen LogP contribution in [0.3, 0.4) is 0 Å². The predicted molar refractivity (Wildman–Crippen MR) is 59.2 cm³/mol. The van der Waals surface area contributed by atoms with Gasteiger partial charge in [-0.05, 0) is 12.8 Å². The van der Waals surface area contributed by atoms with Crippen molar-refractivity contribution in [2.75, 3.05) is 26.3 Å². The van der Waals surface area contributed by atoms with Crippen LogP contribution in [-0.2, 0) is 14.3 Å². The normalized spacial score (nSPS) is 19.0. The van der Waals surface area contributed by atoms with E-state index < -0.39 is 31.1 Å². The summed E-state index contributed by atoms with van der Waals surface area (Å²) in [5.41, 5.74) is 0. The monoisotopic (exact) mass is 260 g/mol. The molecule has 18 heavy (non-hydrogen) atoms. The van der Waals surface area contributed by atoms with E-state index in [1.54, 1.807) is 0 Å². The van der Waals surface area contributed by atoms with Gasteiger partial charge in [-0.15, -0.1) is 0 Å². The van der Waals surface area contributed by atoms with Crippen LogP contribution in [0.25, 0.3) is 0 Å². The molecule has 0 aromatic rings. The third-order valence-electron chi connectivity index (χ3n) is 2.43. The van der Waals surface area contributed by atoms with Gasteiger partial charge in [0.2, 0.25) is 0 Å². The van der Waals surface area contributed by atoms with Gasteiger partial charge in [0, 0.05) is 6.61 Å². The molecule has 1 heterocycles. The molecule has 1 aliphatic rings. The highest BCUT2D eigenvalue weighted by atomic mass is 16.5. The zero-order valence-corrected chi connectivity index (χ0v) is 9.79. The Morgan fingerprint density at radius 2 is 1.83 bits per heavy atom. The fourth-order valence-corrected chi connectivity index (χ4v) is 1.65. The number of urea groups is 1. The maximum atomic E-state index is 11.7. The summed E-state index contributed by atoms with van der Waals surface area (Å²) >= 11 is 0. The number of nitrogens with zero attached hydrogens (tertiary/aromatic N) is 1. The number of hydrogen-bond acceptors (Lipinski definition) is 4. The van der Waals surface area contributed by atoms with Gasteiger partial charge in [0.05, 0.1) is 12.6 Å². The Balaban J connectivity index is 2.51. The SMILES string of the molecule is O=C(O)CN(CC(=O)O)C(=O)NC1CCCOC1. The molecule has 0 bridgehead atoms.